The summed E-state index contributed by atoms with van der Waals surface area (Å²) in [6.45, 7) is 4.11. The smallest absolute Gasteiger partial charge is 0.119 e. The standard InChI is InChI=1S/C14H22ClNO2.ClH/c1-3-4-9-16(2)10-13(17)11-18-14-7-5-12(15)6-8-14;/h5-8,13,17H,3-4,9-11H2,1-2H3;1H. The van der Waals surface area contributed by atoms with Crippen LogP contribution in [0, 0.1) is 0 Å². The molecule has 19 heavy (non-hydrogen) atoms. The lowest BCUT2D eigenvalue weighted by atomic mass is 10.3. The number of nitrogens with zero attached hydrogens (tertiary/aromatic N) is 1. The van der Waals surface area contributed by atoms with Gasteiger partial charge in [0.1, 0.15) is 18.5 Å². The van der Waals surface area contributed by atoms with E-state index in [1.165, 1.54) is 6.42 Å². The lowest BCUT2D eigenvalue weighted by molar-refractivity contribution is 0.0760. The zero-order valence-electron chi connectivity index (χ0n) is 11.5. The minimum atomic E-state index is -0.470. The molecule has 0 spiro atoms. The maximum absolute atomic E-state index is 9.84. The number of hydrogen-bond acceptors (Lipinski definition) is 3. The number of aliphatic hydroxyl groups excluding tert-OH is 1. The molecular formula is C14H23Cl2NO2. The van der Waals surface area contributed by atoms with Crippen LogP contribution in [-0.4, -0.2) is 42.9 Å². The molecule has 1 aromatic rings. The van der Waals surface area contributed by atoms with Crippen LogP contribution in [0.3, 0.4) is 0 Å². The van der Waals surface area contributed by atoms with Crippen molar-refractivity contribution in [1.29, 1.82) is 0 Å². The Kier molecular flexibility index (Phi) is 10.1. The first-order valence-corrected chi connectivity index (χ1v) is 6.74. The van der Waals surface area contributed by atoms with E-state index in [-0.39, 0.29) is 12.4 Å². The molecule has 0 aliphatic rings. The Balaban J connectivity index is 0.00000324. The van der Waals surface area contributed by atoms with Gasteiger partial charge in [-0.3, -0.25) is 0 Å². The second kappa shape index (κ2) is 10.3. The summed E-state index contributed by atoms with van der Waals surface area (Å²) in [6, 6.07) is 7.15. The zero-order chi connectivity index (χ0) is 13.4. The highest BCUT2D eigenvalue weighted by Crippen LogP contribution is 2.15. The first kappa shape index (κ1) is 18.5. The van der Waals surface area contributed by atoms with Crippen LogP contribution < -0.4 is 4.74 Å². The first-order chi connectivity index (χ1) is 8.61. The molecule has 0 saturated heterocycles. The van der Waals surface area contributed by atoms with E-state index in [1.807, 2.05) is 7.05 Å². The lowest BCUT2D eigenvalue weighted by Gasteiger charge is -2.20. The lowest BCUT2D eigenvalue weighted by Crippen LogP contribution is -2.33. The summed E-state index contributed by atoms with van der Waals surface area (Å²) in [5, 5.41) is 10.5. The number of benzene rings is 1. The largest absolute Gasteiger partial charge is 0.491 e. The fourth-order valence-corrected chi connectivity index (χ4v) is 1.78. The molecule has 0 radical (unpaired) electrons. The van der Waals surface area contributed by atoms with Crippen molar-refractivity contribution in [2.75, 3.05) is 26.7 Å². The van der Waals surface area contributed by atoms with Crippen LogP contribution >= 0.6 is 24.0 Å². The highest BCUT2D eigenvalue weighted by atomic mass is 35.5. The molecule has 1 N–H and O–H groups in total. The van der Waals surface area contributed by atoms with Gasteiger partial charge in [-0.25, -0.2) is 0 Å². The highest BCUT2D eigenvalue weighted by Gasteiger charge is 2.08. The molecular weight excluding hydrogens is 285 g/mol. The molecule has 0 aromatic heterocycles. The summed E-state index contributed by atoms with van der Waals surface area (Å²) >= 11 is 5.78. The number of aliphatic hydroxyl groups is 1. The van der Waals surface area contributed by atoms with Gasteiger partial charge in [-0.15, -0.1) is 12.4 Å². The molecule has 0 saturated carbocycles. The third-order valence-electron chi connectivity index (χ3n) is 2.67. The monoisotopic (exact) mass is 307 g/mol. The van der Waals surface area contributed by atoms with Gasteiger partial charge in [-0.2, -0.15) is 0 Å². The summed E-state index contributed by atoms with van der Waals surface area (Å²) in [5.41, 5.74) is 0. The molecule has 3 nitrogen and oxygen atoms in total. The molecule has 110 valence electrons. The Hall–Kier alpha value is -0.480. The third-order valence-corrected chi connectivity index (χ3v) is 2.92. The Morgan fingerprint density at radius 2 is 1.95 bits per heavy atom. The molecule has 5 heteroatoms. The predicted octanol–water partition coefficient (Wildman–Crippen LogP) is 3.23. The third kappa shape index (κ3) is 8.32. The Bertz CT molecular complexity index is 333. The Morgan fingerprint density at radius 3 is 2.53 bits per heavy atom. The van der Waals surface area contributed by atoms with Crippen molar-refractivity contribution in [3.05, 3.63) is 29.3 Å². The van der Waals surface area contributed by atoms with Gasteiger partial charge in [0.05, 0.1) is 0 Å². The van der Waals surface area contributed by atoms with E-state index in [4.69, 9.17) is 16.3 Å². The van der Waals surface area contributed by atoms with Crippen molar-refractivity contribution in [3.63, 3.8) is 0 Å². The number of ether oxygens (including phenoxy) is 1. The molecule has 0 fully saturated rings. The van der Waals surface area contributed by atoms with Gasteiger partial charge in [0.25, 0.3) is 0 Å². The number of likely N-dealkylation sites (N-methyl/N-ethyl adjacent to an activating group) is 1. The maximum Gasteiger partial charge on any atom is 0.119 e. The van der Waals surface area contributed by atoms with Crippen LogP contribution in [-0.2, 0) is 0 Å². The average Bonchev–Trinajstić information content (AvgIpc) is 2.35. The normalized spacial score (nSPS) is 12.1. The summed E-state index contributed by atoms with van der Waals surface area (Å²) in [6.07, 6.45) is 1.85. The van der Waals surface area contributed by atoms with E-state index in [0.29, 0.717) is 18.2 Å². The van der Waals surface area contributed by atoms with Gasteiger partial charge in [-0.05, 0) is 44.3 Å². The summed E-state index contributed by atoms with van der Waals surface area (Å²) in [7, 11) is 2.02. The van der Waals surface area contributed by atoms with Crippen LogP contribution in [0.4, 0.5) is 0 Å². The average molecular weight is 308 g/mol. The van der Waals surface area contributed by atoms with E-state index < -0.39 is 6.10 Å². The van der Waals surface area contributed by atoms with E-state index in [2.05, 4.69) is 11.8 Å². The minimum Gasteiger partial charge on any atom is -0.491 e. The van der Waals surface area contributed by atoms with E-state index in [0.717, 1.165) is 18.7 Å². The van der Waals surface area contributed by atoms with Crippen molar-refractivity contribution < 1.29 is 9.84 Å². The van der Waals surface area contributed by atoms with Crippen LogP contribution in [0.5, 0.6) is 5.75 Å². The van der Waals surface area contributed by atoms with Crippen molar-refractivity contribution in [1.82, 2.24) is 4.90 Å². The van der Waals surface area contributed by atoms with Crippen LogP contribution in [0.1, 0.15) is 19.8 Å². The molecule has 0 amide bonds. The summed E-state index contributed by atoms with van der Waals surface area (Å²) in [4.78, 5) is 2.12. The van der Waals surface area contributed by atoms with Gasteiger partial charge in [0.15, 0.2) is 0 Å². The van der Waals surface area contributed by atoms with E-state index in [1.54, 1.807) is 24.3 Å². The topological polar surface area (TPSA) is 32.7 Å². The fraction of sp³-hybridized carbons (Fsp3) is 0.571. The van der Waals surface area contributed by atoms with Gasteiger partial charge in [-0.1, -0.05) is 24.9 Å². The van der Waals surface area contributed by atoms with Gasteiger partial charge in [0, 0.05) is 11.6 Å². The van der Waals surface area contributed by atoms with Crippen LogP contribution in [0.2, 0.25) is 5.02 Å². The number of rotatable bonds is 8. The molecule has 0 aliphatic heterocycles. The summed E-state index contributed by atoms with van der Waals surface area (Å²) in [5.74, 6) is 0.731. The van der Waals surface area contributed by atoms with E-state index >= 15 is 0 Å². The molecule has 1 unspecified atom stereocenters. The summed E-state index contributed by atoms with van der Waals surface area (Å²) < 4.78 is 5.49. The maximum atomic E-state index is 9.84. The molecule has 0 bridgehead atoms. The van der Waals surface area contributed by atoms with Crippen molar-refractivity contribution >= 4 is 24.0 Å². The quantitative estimate of drug-likeness (QED) is 0.800. The van der Waals surface area contributed by atoms with Crippen LogP contribution in [0.25, 0.3) is 0 Å². The Labute approximate surface area is 126 Å². The molecule has 1 rings (SSSR count). The highest BCUT2D eigenvalue weighted by molar-refractivity contribution is 6.30. The second-order valence-corrected chi connectivity index (χ2v) is 4.97. The van der Waals surface area contributed by atoms with E-state index in [9.17, 15) is 5.11 Å². The van der Waals surface area contributed by atoms with Gasteiger partial charge >= 0.3 is 0 Å². The molecule has 0 aliphatic carbocycles. The van der Waals surface area contributed by atoms with Crippen molar-refractivity contribution in [2.45, 2.75) is 25.9 Å². The second-order valence-electron chi connectivity index (χ2n) is 4.53. The minimum absolute atomic E-state index is 0. The zero-order valence-corrected chi connectivity index (χ0v) is 13.1. The van der Waals surface area contributed by atoms with Gasteiger partial charge in [0.2, 0.25) is 0 Å². The molecule has 0 heterocycles. The number of halogens is 2. The number of unbranched alkanes of at least 4 members (excludes halogenated alkanes) is 1. The predicted molar refractivity (Wildman–Crippen MR) is 82.6 cm³/mol. The van der Waals surface area contributed by atoms with Crippen molar-refractivity contribution in [2.24, 2.45) is 0 Å². The van der Waals surface area contributed by atoms with Crippen LogP contribution in [0.15, 0.2) is 24.3 Å². The SMILES string of the molecule is CCCCN(C)CC(O)COc1ccc(Cl)cc1.Cl. The molecule has 1 aromatic carbocycles. The first-order valence-electron chi connectivity index (χ1n) is 6.36. The number of hydrogen-bond donors (Lipinski definition) is 1. The fourth-order valence-electron chi connectivity index (χ4n) is 1.66. The van der Waals surface area contributed by atoms with Crippen molar-refractivity contribution in [3.8, 4) is 5.75 Å². The molecule has 1 atom stereocenters. The Morgan fingerprint density at radius 1 is 1.32 bits per heavy atom. The van der Waals surface area contributed by atoms with Gasteiger partial charge < -0.3 is 14.7 Å².